The average Bonchev–Trinajstić information content (AvgIpc) is 2.34. The molecule has 0 saturated heterocycles. The van der Waals surface area contributed by atoms with Gasteiger partial charge in [-0.25, -0.2) is 0 Å². The number of thiol groups is 1. The first-order chi connectivity index (χ1) is 8.38. The van der Waals surface area contributed by atoms with Crippen LogP contribution in [-0.4, -0.2) is 31.5 Å². The van der Waals surface area contributed by atoms with Crippen LogP contribution in [0.1, 0.15) is 31.9 Å². The van der Waals surface area contributed by atoms with Gasteiger partial charge in [0.15, 0.2) is 0 Å². The lowest BCUT2D eigenvalue weighted by Gasteiger charge is -2.22. The van der Waals surface area contributed by atoms with Gasteiger partial charge in [-0.05, 0) is 36.1 Å². The van der Waals surface area contributed by atoms with E-state index in [9.17, 15) is 0 Å². The summed E-state index contributed by atoms with van der Waals surface area (Å²) in [6.45, 7) is 7.70. The smallest absolute Gasteiger partial charge is 0.122 e. The number of ether oxygens (including phenoxy) is 1. The number of hydrogen-bond acceptors (Lipinski definition) is 3. The molecule has 0 radical (unpaired) electrons. The average molecular weight is 267 g/mol. The molecule has 0 aliphatic rings. The molecule has 3 heteroatoms. The third-order valence-electron chi connectivity index (χ3n) is 3.15. The lowest BCUT2D eigenvalue weighted by molar-refractivity contribution is 0.384. The maximum absolute atomic E-state index is 5.44. The molecule has 0 atom stereocenters. The Kier molecular flexibility index (Phi) is 5.54. The quantitative estimate of drug-likeness (QED) is 0.649. The van der Waals surface area contributed by atoms with Crippen molar-refractivity contribution in [3.8, 4) is 5.75 Å². The molecule has 0 aliphatic carbocycles. The minimum atomic E-state index is 0.177. The van der Waals surface area contributed by atoms with Crippen molar-refractivity contribution in [1.82, 2.24) is 4.90 Å². The van der Waals surface area contributed by atoms with Gasteiger partial charge in [0.25, 0.3) is 0 Å². The second-order valence-electron chi connectivity index (χ2n) is 5.75. The Morgan fingerprint density at radius 2 is 1.94 bits per heavy atom. The molecule has 0 N–H and O–H groups in total. The summed E-state index contributed by atoms with van der Waals surface area (Å²) >= 11 is 4.27. The topological polar surface area (TPSA) is 12.5 Å². The minimum absolute atomic E-state index is 0.177. The van der Waals surface area contributed by atoms with Gasteiger partial charge in [-0.2, -0.15) is 12.6 Å². The highest BCUT2D eigenvalue weighted by atomic mass is 32.1. The van der Waals surface area contributed by atoms with Crippen LogP contribution >= 0.6 is 12.6 Å². The Hall–Kier alpha value is -0.670. The highest BCUT2D eigenvalue weighted by Crippen LogP contribution is 2.28. The van der Waals surface area contributed by atoms with Crippen molar-refractivity contribution in [2.24, 2.45) is 0 Å². The Bertz CT molecular complexity index is 385. The predicted molar refractivity (Wildman–Crippen MR) is 81.9 cm³/mol. The van der Waals surface area contributed by atoms with Gasteiger partial charge in [0.05, 0.1) is 7.11 Å². The third-order valence-corrected chi connectivity index (χ3v) is 3.63. The molecule has 0 aromatic heterocycles. The van der Waals surface area contributed by atoms with Gasteiger partial charge in [-0.15, -0.1) is 0 Å². The molecule has 0 saturated carbocycles. The van der Waals surface area contributed by atoms with Gasteiger partial charge in [-0.1, -0.05) is 32.9 Å². The zero-order chi connectivity index (χ0) is 13.8. The SMILES string of the molecule is COc1ccc(C(C)(C)C)cc1CCN(C)CS. The van der Waals surface area contributed by atoms with Crippen molar-refractivity contribution in [3.63, 3.8) is 0 Å². The summed E-state index contributed by atoms with van der Waals surface area (Å²) in [4.78, 5) is 2.19. The number of likely N-dealkylation sites (N-methyl/N-ethyl adjacent to an activating group) is 1. The molecule has 0 aliphatic heterocycles. The standard InChI is InChI=1S/C15H25NOS/c1-15(2,3)13-6-7-14(17-5)12(10-13)8-9-16(4)11-18/h6-7,10,18H,8-9,11H2,1-5H3. The first-order valence-corrected chi connectivity index (χ1v) is 6.98. The summed E-state index contributed by atoms with van der Waals surface area (Å²) in [7, 11) is 3.81. The van der Waals surface area contributed by atoms with E-state index in [1.54, 1.807) is 7.11 Å². The molecule has 1 rings (SSSR count). The molecule has 0 heterocycles. The monoisotopic (exact) mass is 267 g/mol. The van der Waals surface area contributed by atoms with E-state index < -0.39 is 0 Å². The van der Waals surface area contributed by atoms with E-state index in [1.165, 1.54) is 11.1 Å². The summed E-state index contributed by atoms with van der Waals surface area (Å²) < 4.78 is 5.44. The lowest BCUT2D eigenvalue weighted by Crippen LogP contribution is -2.20. The Morgan fingerprint density at radius 3 is 2.44 bits per heavy atom. The number of nitrogens with zero attached hydrogens (tertiary/aromatic N) is 1. The summed E-state index contributed by atoms with van der Waals surface area (Å²) in [5.41, 5.74) is 2.81. The van der Waals surface area contributed by atoms with Crippen molar-refractivity contribution in [2.45, 2.75) is 32.6 Å². The fourth-order valence-electron chi connectivity index (χ4n) is 1.82. The van der Waals surface area contributed by atoms with Crippen LogP contribution in [-0.2, 0) is 11.8 Å². The van der Waals surface area contributed by atoms with Crippen molar-refractivity contribution in [2.75, 3.05) is 26.6 Å². The number of methoxy groups -OCH3 is 1. The molecule has 2 nitrogen and oxygen atoms in total. The zero-order valence-corrected chi connectivity index (χ0v) is 13.1. The summed E-state index contributed by atoms with van der Waals surface area (Å²) in [5.74, 6) is 1.76. The van der Waals surface area contributed by atoms with Crippen LogP contribution in [0, 0.1) is 0 Å². The molecule has 0 fully saturated rings. The summed E-state index contributed by atoms with van der Waals surface area (Å²) in [6.07, 6.45) is 0.990. The van der Waals surface area contributed by atoms with E-state index in [0.29, 0.717) is 0 Å². The van der Waals surface area contributed by atoms with Gasteiger partial charge in [0.1, 0.15) is 5.75 Å². The van der Waals surface area contributed by atoms with Crippen molar-refractivity contribution >= 4 is 12.6 Å². The van der Waals surface area contributed by atoms with Gasteiger partial charge in [-0.3, -0.25) is 4.90 Å². The van der Waals surface area contributed by atoms with Crippen LogP contribution in [0.2, 0.25) is 0 Å². The first-order valence-electron chi connectivity index (χ1n) is 6.35. The minimum Gasteiger partial charge on any atom is -0.496 e. The van der Waals surface area contributed by atoms with Crippen LogP contribution in [0.4, 0.5) is 0 Å². The normalized spacial score (nSPS) is 11.9. The second kappa shape index (κ2) is 6.48. The molecule has 1 aromatic carbocycles. The van der Waals surface area contributed by atoms with E-state index in [4.69, 9.17) is 4.74 Å². The lowest BCUT2D eigenvalue weighted by atomic mass is 9.85. The highest BCUT2D eigenvalue weighted by Gasteiger charge is 2.15. The number of hydrogen-bond donors (Lipinski definition) is 1. The van der Waals surface area contributed by atoms with Crippen molar-refractivity contribution < 1.29 is 4.74 Å². The molecule has 0 spiro atoms. The molecule has 0 unspecified atom stereocenters. The molecule has 0 amide bonds. The van der Waals surface area contributed by atoms with Crippen LogP contribution < -0.4 is 4.74 Å². The molecule has 1 aromatic rings. The van der Waals surface area contributed by atoms with Crippen molar-refractivity contribution in [1.29, 1.82) is 0 Å². The molecule has 102 valence electrons. The third kappa shape index (κ3) is 4.21. The molecule has 18 heavy (non-hydrogen) atoms. The molecule has 0 bridgehead atoms. The Morgan fingerprint density at radius 1 is 1.28 bits per heavy atom. The molecular formula is C15H25NOS. The van der Waals surface area contributed by atoms with Gasteiger partial charge >= 0.3 is 0 Å². The van der Waals surface area contributed by atoms with Crippen LogP contribution in [0.3, 0.4) is 0 Å². The van der Waals surface area contributed by atoms with E-state index in [-0.39, 0.29) is 5.41 Å². The van der Waals surface area contributed by atoms with Gasteiger partial charge in [0.2, 0.25) is 0 Å². The predicted octanol–water partition coefficient (Wildman–Crippen LogP) is 3.35. The van der Waals surface area contributed by atoms with Gasteiger partial charge in [0, 0.05) is 12.4 Å². The summed E-state index contributed by atoms with van der Waals surface area (Å²) in [6, 6.07) is 6.51. The van der Waals surface area contributed by atoms with Crippen LogP contribution in [0.15, 0.2) is 18.2 Å². The van der Waals surface area contributed by atoms with E-state index in [2.05, 4.69) is 63.5 Å². The second-order valence-corrected chi connectivity index (χ2v) is 6.03. The van der Waals surface area contributed by atoms with E-state index in [1.807, 2.05) is 0 Å². The first kappa shape index (κ1) is 15.4. The zero-order valence-electron chi connectivity index (χ0n) is 12.2. The maximum atomic E-state index is 5.44. The maximum Gasteiger partial charge on any atom is 0.122 e. The van der Waals surface area contributed by atoms with Crippen LogP contribution in [0.5, 0.6) is 5.75 Å². The van der Waals surface area contributed by atoms with Crippen molar-refractivity contribution in [3.05, 3.63) is 29.3 Å². The largest absolute Gasteiger partial charge is 0.496 e. The highest BCUT2D eigenvalue weighted by molar-refractivity contribution is 7.80. The van der Waals surface area contributed by atoms with Crippen LogP contribution in [0.25, 0.3) is 0 Å². The van der Waals surface area contributed by atoms with E-state index >= 15 is 0 Å². The number of rotatable bonds is 5. The van der Waals surface area contributed by atoms with E-state index in [0.717, 1.165) is 24.6 Å². The van der Waals surface area contributed by atoms with Gasteiger partial charge < -0.3 is 4.74 Å². The fourth-order valence-corrected chi connectivity index (χ4v) is 1.96. The Labute approximate surface area is 117 Å². The number of benzene rings is 1. The Balaban J connectivity index is 2.92. The summed E-state index contributed by atoms with van der Waals surface area (Å²) in [5, 5.41) is 0. The fraction of sp³-hybridized carbons (Fsp3) is 0.600. The molecular weight excluding hydrogens is 242 g/mol.